The molecule has 0 bridgehead atoms. The van der Waals surface area contributed by atoms with Gasteiger partial charge in [-0.05, 0) is 6.92 Å². The maximum atomic E-state index is 11.2. The van der Waals surface area contributed by atoms with Crippen LogP contribution in [0.25, 0.3) is 0 Å². The van der Waals surface area contributed by atoms with Crippen molar-refractivity contribution >= 4 is 10.0 Å². The van der Waals surface area contributed by atoms with Crippen molar-refractivity contribution in [3.63, 3.8) is 0 Å². The van der Waals surface area contributed by atoms with Crippen molar-refractivity contribution in [3.05, 3.63) is 0 Å². The zero-order valence-corrected chi connectivity index (χ0v) is 5.33. The van der Waals surface area contributed by atoms with Crippen molar-refractivity contribution in [2.75, 3.05) is 5.75 Å². The van der Waals surface area contributed by atoms with Crippen LogP contribution in [0.15, 0.2) is 0 Å². The molecule has 0 atom stereocenters. The Hall–Kier alpha value is -0.300. The summed E-state index contributed by atoms with van der Waals surface area (Å²) >= 11 is 0. The summed E-state index contributed by atoms with van der Waals surface area (Å²) in [6.07, 6.45) is 0. The number of halogens is 3. The lowest BCUT2D eigenvalue weighted by atomic mass is 11.0. The Morgan fingerprint density at radius 2 is 1.67 bits per heavy atom. The first-order valence-electron chi connectivity index (χ1n) is 2.02. The fourth-order valence-electron chi connectivity index (χ4n) is 0.146. The van der Waals surface area contributed by atoms with Crippen LogP contribution in [0, 0.1) is 0 Å². The van der Waals surface area contributed by atoms with E-state index in [9.17, 15) is 21.9 Å². The van der Waals surface area contributed by atoms with Crippen molar-refractivity contribution in [2.24, 2.45) is 0 Å². The van der Waals surface area contributed by atoms with Gasteiger partial charge < -0.3 is 0 Å². The third-order valence-electron chi connectivity index (χ3n) is 0.680. The van der Waals surface area contributed by atoms with Gasteiger partial charge in [-0.15, -0.1) is 0 Å². The van der Waals surface area contributed by atoms with Crippen molar-refractivity contribution in [1.29, 1.82) is 0 Å². The summed E-state index contributed by atoms with van der Waals surface area (Å²) in [5, 5.41) is 0. The van der Waals surface area contributed by atoms with E-state index in [4.69, 9.17) is 0 Å². The number of hydrogen-bond acceptors (Lipinski definition) is 2. The molecular formula is C2H5F3NO2S+. The Balaban J connectivity index is 4.57. The van der Waals surface area contributed by atoms with Crippen LogP contribution < -0.4 is 0 Å². The maximum Gasteiger partial charge on any atom is 0.408 e. The fourth-order valence-corrected chi connectivity index (χ4v) is 0.439. The van der Waals surface area contributed by atoms with Crippen LogP contribution >= 0.6 is 0 Å². The van der Waals surface area contributed by atoms with Crippen LogP contribution in [-0.2, 0) is 10.0 Å². The SMILES string of the molecule is CCS(=O)(=O)[N+](F)(F)F. The van der Waals surface area contributed by atoms with Crippen LogP contribution in [0.3, 0.4) is 0 Å². The summed E-state index contributed by atoms with van der Waals surface area (Å²) < 4.78 is 48.8. The molecule has 0 radical (unpaired) electrons. The number of quaternary nitrogens is 1. The van der Waals surface area contributed by atoms with Gasteiger partial charge in [-0.1, -0.05) is 0 Å². The third-order valence-corrected chi connectivity index (χ3v) is 2.04. The fraction of sp³-hybridized carbons (Fsp3) is 1.00. The number of rotatable bonds is 2. The van der Waals surface area contributed by atoms with Gasteiger partial charge in [0.15, 0.2) is 0 Å². The predicted octanol–water partition coefficient (Wildman–Crippen LogP) is 0.806. The van der Waals surface area contributed by atoms with E-state index in [0.717, 1.165) is 6.92 Å². The van der Waals surface area contributed by atoms with E-state index in [2.05, 4.69) is 0 Å². The maximum absolute atomic E-state index is 11.2. The summed E-state index contributed by atoms with van der Waals surface area (Å²) in [6.45, 7) is 0.932. The van der Waals surface area contributed by atoms with Crippen molar-refractivity contribution < 1.29 is 26.4 Å². The van der Waals surface area contributed by atoms with Crippen LogP contribution in [0.1, 0.15) is 6.92 Å². The van der Waals surface area contributed by atoms with Gasteiger partial charge in [0.2, 0.25) is 0 Å². The van der Waals surface area contributed by atoms with Crippen LogP contribution in [0.4, 0.5) is 13.4 Å². The minimum Gasteiger partial charge on any atom is -0.162 e. The molecule has 0 spiro atoms. The number of nitrogens with zero attached hydrogens (tertiary/aromatic N) is 1. The average molecular weight is 164 g/mol. The summed E-state index contributed by atoms with van der Waals surface area (Å²) in [4.78, 5) is 0. The molecule has 0 aromatic heterocycles. The van der Waals surface area contributed by atoms with E-state index in [0.29, 0.717) is 0 Å². The van der Waals surface area contributed by atoms with E-state index in [1.54, 1.807) is 0 Å². The quantitative estimate of drug-likeness (QED) is 0.566. The minimum atomic E-state index is -4.90. The Morgan fingerprint density at radius 3 is 1.67 bits per heavy atom. The minimum absolute atomic E-state index is 0.920. The molecule has 56 valence electrons. The van der Waals surface area contributed by atoms with E-state index in [1.165, 1.54) is 0 Å². The average Bonchev–Trinajstić information content (AvgIpc) is 1.64. The zero-order chi connectivity index (χ0) is 7.71. The Kier molecular flexibility index (Phi) is 2.07. The molecular weight excluding hydrogens is 159 g/mol. The molecule has 0 aromatic carbocycles. The third kappa shape index (κ3) is 1.83. The molecule has 7 heteroatoms. The lowest BCUT2D eigenvalue weighted by Gasteiger charge is -1.96. The lowest BCUT2D eigenvalue weighted by Crippen LogP contribution is -2.29. The molecule has 0 unspecified atom stereocenters. The van der Waals surface area contributed by atoms with E-state index < -0.39 is 20.3 Å². The Bertz CT molecular complexity index is 180. The lowest BCUT2D eigenvalue weighted by molar-refractivity contribution is -1.18. The predicted molar refractivity (Wildman–Crippen MR) is 23.0 cm³/mol. The number of sulfonamides is 1. The van der Waals surface area contributed by atoms with E-state index >= 15 is 0 Å². The Labute approximate surface area is 50.1 Å². The molecule has 0 aliphatic heterocycles. The molecule has 0 rings (SSSR count). The van der Waals surface area contributed by atoms with Gasteiger partial charge >= 0.3 is 14.6 Å². The van der Waals surface area contributed by atoms with Gasteiger partial charge in [-0.3, -0.25) is 0 Å². The van der Waals surface area contributed by atoms with E-state index in [-0.39, 0.29) is 0 Å². The molecule has 0 aromatic rings. The first kappa shape index (κ1) is 8.70. The van der Waals surface area contributed by atoms with Gasteiger partial charge in [0.1, 0.15) is 19.2 Å². The van der Waals surface area contributed by atoms with Crippen LogP contribution in [0.2, 0.25) is 0 Å². The molecule has 0 amide bonds. The van der Waals surface area contributed by atoms with Gasteiger partial charge in [-0.25, -0.2) is 0 Å². The van der Waals surface area contributed by atoms with E-state index in [1.807, 2.05) is 0 Å². The summed E-state index contributed by atoms with van der Waals surface area (Å²) in [5.74, 6) is -0.920. The van der Waals surface area contributed by atoms with Crippen molar-refractivity contribution in [1.82, 2.24) is 0 Å². The van der Waals surface area contributed by atoms with Gasteiger partial charge in [0.25, 0.3) is 0 Å². The highest BCUT2D eigenvalue weighted by Crippen LogP contribution is 2.18. The first-order valence-corrected chi connectivity index (χ1v) is 3.63. The van der Waals surface area contributed by atoms with Crippen LogP contribution in [0.5, 0.6) is 0 Å². The molecule has 0 saturated heterocycles. The van der Waals surface area contributed by atoms with Crippen LogP contribution in [-0.4, -0.2) is 18.7 Å². The summed E-state index contributed by atoms with van der Waals surface area (Å²) in [6, 6.07) is 0. The monoisotopic (exact) mass is 164 g/mol. The molecule has 0 aliphatic carbocycles. The molecule has 9 heavy (non-hydrogen) atoms. The molecule has 0 aliphatic rings. The second-order valence-corrected chi connectivity index (χ2v) is 3.42. The van der Waals surface area contributed by atoms with Gasteiger partial charge in [0.05, 0.1) is 0 Å². The largest absolute Gasteiger partial charge is 0.408 e. The molecule has 0 N–H and O–H groups in total. The molecule has 0 heterocycles. The molecule has 0 fully saturated rings. The van der Waals surface area contributed by atoms with Crippen molar-refractivity contribution in [2.45, 2.75) is 6.92 Å². The number of hydrogen-bond donors (Lipinski definition) is 0. The summed E-state index contributed by atoms with van der Waals surface area (Å²) in [5.41, 5.74) is 0. The Morgan fingerprint density at radius 1 is 1.33 bits per heavy atom. The second-order valence-electron chi connectivity index (χ2n) is 1.27. The topological polar surface area (TPSA) is 34.1 Å². The van der Waals surface area contributed by atoms with Gasteiger partial charge in [0, 0.05) is 0 Å². The summed E-state index contributed by atoms with van der Waals surface area (Å²) in [7, 11) is -4.90. The normalized spacial score (nSPS) is 13.8. The second kappa shape index (κ2) is 2.14. The standard InChI is InChI=1S/C2H5F3NO2S/c1-2-9(7,8)6(3,4)5/h2H2,1H3/q+1. The van der Waals surface area contributed by atoms with Crippen molar-refractivity contribution in [3.8, 4) is 0 Å². The first-order chi connectivity index (χ1) is 3.81. The molecule has 3 nitrogen and oxygen atoms in total. The smallest absolute Gasteiger partial charge is 0.162 e. The zero-order valence-electron chi connectivity index (χ0n) is 4.51. The highest BCUT2D eigenvalue weighted by atomic mass is 32.2. The van der Waals surface area contributed by atoms with Gasteiger partial charge in [-0.2, -0.15) is 8.42 Å². The highest BCUT2D eigenvalue weighted by molar-refractivity contribution is 7.85. The molecule has 0 saturated carbocycles. The highest BCUT2D eigenvalue weighted by Gasteiger charge is 2.48.